The zero-order chi connectivity index (χ0) is 12.7. The second kappa shape index (κ2) is 3.99. The first-order chi connectivity index (χ1) is 8.68. The first-order valence-corrected chi connectivity index (χ1v) is 6.39. The molecule has 0 unspecified atom stereocenters. The quantitative estimate of drug-likeness (QED) is 0.726. The summed E-state index contributed by atoms with van der Waals surface area (Å²) in [7, 11) is 0. The minimum atomic E-state index is -0.0715. The van der Waals surface area contributed by atoms with Gasteiger partial charge < -0.3 is 9.52 Å². The van der Waals surface area contributed by atoms with Crippen LogP contribution in [0, 0.1) is 6.92 Å². The Bertz CT molecular complexity index is 770. The molecule has 1 aromatic carbocycles. The Kier molecular flexibility index (Phi) is 2.45. The number of rotatable bonds is 1. The van der Waals surface area contributed by atoms with Crippen molar-refractivity contribution in [3.63, 3.8) is 0 Å². The van der Waals surface area contributed by atoms with Crippen LogP contribution in [-0.4, -0.2) is 5.11 Å². The second-order valence-corrected chi connectivity index (χ2v) is 4.86. The molecule has 0 bridgehead atoms. The SMILES string of the molecule is Cc1c(O)ccc2c(=O)c(-c3ccsc3)coc12. The molecular weight excluding hydrogens is 248 g/mol. The number of phenols is 1. The summed E-state index contributed by atoms with van der Waals surface area (Å²) in [4.78, 5) is 12.4. The highest BCUT2D eigenvalue weighted by molar-refractivity contribution is 7.08. The Morgan fingerprint density at radius 2 is 2.11 bits per heavy atom. The van der Waals surface area contributed by atoms with E-state index in [1.54, 1.807) is 13.0 Å². The summed E-state index contributed by atoms with van der Waals surface area (Å²) in [6.07, 6.45) is 1.46. The van der Waals surface area contributed by atoms with Crippen LogP contribution in [0.15, 0.2) is 44.4 Å². The Balaban J connectivity index is 2.38. The third kappa shape index (κ3) is 1.54. The zero-order valence-electron chi connectivity index (χ0n) is 9.64. The smallest absolute Gasteiger partial charge is 0.200 e. The van der Waals surface area contributed by atoms with E-state index in [9.17, 15) is 9.90 Å². The lowest BCUT2D eigenvalue weighted by molar-refractivity contribution is 0.469. The van der Waals surface area contributed by atoms with Gasteiger partial charge in [-0.05, 0) is 41.4 Å². The molecule has 2 heterocycles. The van der Waals surface area contributed by atoms with Crippen molar-refractivity contribution in [1.82, 2.24) is 0 Å². The molecular formula is C14H10O3S. The van der Waals surface area contributed by atoms with Gasteiger partial charge >= 0.3 is 0 Å². The van der Waals surface area contributed by atoms with Crippen molar-refractivity contribution < 1.29 is 9.52 Å². The molecule has 0 saturated heterocycles. The first kappa shape index (κ1) is 11.0. The first-order valence-electron chi connectivity index (χ1n) is 5.45. The fourth-order valence-corrected chi connectivity index (χ4v) is 2.60. The molecule has 3 rings (SSSR count). The van der Waals surface area contributed by atoms with Gasteiger partial charge in [-0.2, -0.15) is 11.3 Å². The molecule has 90 valence electrons. The summed E-state index contributed by atoms with van der Waals surface area (Å²) in [5.74, 6) is 0.133. The van der Waals surface area contributed by atoms with E-state index in [1.807, 2.05) is 16.8 Å². The third-order valence-electron chi connectivity index (χ3n) is 2.99. The lowest BCUT2D eigenvalue weighted by Crippen LogP contribution is -2.04. The molecule has 0 radical (unpaired) electrons. The summed E-state index contributed by atoms with van der Waals surface area (Å²) in [5.41, 5.74) is 2.37. The average Bonchev–Trinajstić information content (AvgIpc) is 2.88. The predicted molar refractivity (Wildman–Crippen MR) is 72.2 cm³/mol. The molecule has 0 aliphatic carbocycles. The standard InChI is InChI=1S/C14H10O3S/c1-8-12(15)3-2-10-13(16)11(6-17-14(8)10)9-4-5-18-7-9/h2-7,15H,1H3. The van der Waals surface area contributed by atoms with E-state index in [4.69, 9.17) is 4.42 Å². The summed E-state index contributed by atoms with van der Waals surface area (Å²) >= 11 is 1.53. The van der Waals surface area contributed by atoms with Crippen LogP contribution in [0.4, 0.5) is 0 Å². The van der Waals surface area contributed by atoms with Gasteiger partial charge in [-0.15, -0.1) is 0 Å². The molecule has 3 aromatic rings. The Labute approximate surface area is 107 Å². The van der Waals surface area contributed by atoms with Crippen LogP contribution in [-0.2, 0) is 0 Å². The Morgan fingerprint density at radius 3 is 2.83 bits per heavy atom. The topological polar surface area (TPSA) is 50.4 Å². The highest BCUT2D eigenvalue weighted by atomic mass is 32.1. The molecule has 18 heavy (non-hydrogen) atoms. The number of phenolic OH excluding ortho intramolecular Hbond substituents is 1. The molecule has 1 N–H and O–H groups in total. The van der Waals surface area contributed by atoms with Crippen molar-refractivity contribution in [3.8, 4) is 16.9 Å². The van der Waals surface area contributed by atoms with E-state index in [0.29, 0.717) is 22.1 Å². The molecule has 0 amide bonds. The maximum atomic E-state index is 12.4. The zero-order valence-corrected chi connectivity index (χ0v) is 10.5. The molecule has 2 aromatic heterocycles. The maximum absolute atomic E-state index is 12.4. The normalized spacial score (nSPS) is 10.9. The molecule has 3 nitrogen and oxygen atoms in total. The van der Waals surface area contributed by atoms with Crippen LogP contribution in [0.1, 0.15) is 5.56 Å². The number of aromatic hydroxyl groups is 1. The van der Waals surface area contributed by atoms with E-state index in [2.05, 4.69) is 0 Å². The van der Waals surface area contributed by atoms with Gasteiger partial charge in [-0.3, -0.25) is 4.79 Å². The van der Waals surface area contributed by atoms with Crippen molar-refractivity contribution in [2.45, 2.75) is 6.92 Å². The summed E-state index contributed by atoms with van der Waals surface area (Å²) < 4.78 is 5.50. The van der Waals surface area contributed by atoms with Crippen LogP contribution in [0.3, 0.4) is 0 Å². The Hall–Kier alpha value is -2.07. The number of aryl methyl sites for hydroxylation is 1. The molecule has 0 spiro atoms. The molecule has 0 atom stereocenters. The van der Waals surface area contributed by atoms with Crippen LogP contribution < -0.4 is 5.43 Å². The van der Waals surface area contributed by atoms with E-state index >= 15 is 0 Å². The van der Waals surface area contributed by atoms with E-state index < -0.39 is 0 Å². The maximum Gasteiger partial charge on any atom is 0.200 e. The minimum absolute atomic E-state index is 0.0715. The van der Waals surface area contributed by atoms with Crippen molar-refractivity contribution in [3.05, 3.63) is 51.0 Å². The van der Waals surface area contributed by atoms with Gasteiger partial charge in [-0.1, -0.05) is 0 Å². The van der Waals surface area contributed by atoms with Gasteiger partial charge in [-0.25, -0.2) is 0 Å². The minimum Gasteiger partial charge on any atom is -0.508 e. The molecule has 0 aliphatic heterocycles. The van der Waals surface area contributed by atoms with Crippen molar-refractivity contribution in [2.24, 2.45) is 0 Å². The van der Waals surface area contributed by atoms with Gasteiger partial charge in [0.25, 0.3) is 0 Å². The van der Waals surface area contributed by atoms with Crippen LogP contribution in [0.2, 0.25) is 0 Å². The average molecular weight is 258 g/mol. The van der Waals surface area contributed by atoms with Crippen LogP contribution in [0.25, 0.3) is 22.1 Å². The molecule has 0 fully saturated rings. The molecule has 4 heteroatoms. The fourth-order valence-electron chi connectivity index (χ4n) is 1.95. The van der Waals surface area contributed by atoms with E-state index in [1.165, 1.54) is 23.7 Å². The number of thiophene rings is 1. The number of hydrogen-bond donors (Lipinski definition) is 1. The van der Waals surface area contributed by atoms with Gasteiger partial charge in [0.15, 0.2) is 0 Å². The number of benzene rings is 1. The van der Waals surface area contributed by atoms with Gasteiger partial charge in [0.05, 0.1) is 10.9 Å². The van der Waals surface area contributed by atoms with Crippen molar-refractivity contribution in [1.29, 1.82) is 0 Å². The van der Waals surface area contributed by atoms with E-state index in [-0.39, 0.29) is 11.2 Å². The lowest BCUT2D eigenvalue weighted by Gasteiger charge is -2.04. The number of fused-ring (bicyclic) bond motifs is 1. The lowest BCUT2D eigenvalue weighted by atomic mass is 10.1. The molecule has 0 aliphatic rings. The monoisotopic (exact) mass is 258 g/mol. The Morgan fingerprint density at radius 1 is 1.28 bits per heavy atom. The van der Waals surface area contributed by atoms with Gasteiger partial charge in [0.1, 0.15) is 17.6 Å². The van der Waals surface area contributed by atoms with E-state index in [0.717, 1.165) is 5.56 Å². The summed E-state index contributed by atoms with van der Waals surface area (Å²) in [5, 5.41) is 13.9. The summed E-state index contributed by atoms with van der Waals surface area (Å²) in [6.45, 7) is 1.73. The van der Waals surface area contributed by atoms with Gasteiger partial charge in [0.2, 0.25) is 5.43 Å². The predicted octanol–water partition coefficient (Wildman–Crippen LogP) is 3.54. The van der Waals surface area contributed by atoms with Crippen LogP contribution >= 0.6 is 11.3 Å². The van der Waals surface area contributed by atoms with Crippen molar-refractivity contribution >= 4 is 22.3 Å². The highest BCUT2D eigenvalue weighted by Crippen LogP contribution is 2.27. The highest BCUT2D eigenvalue weighted by Gasteiger charge is 2.12. The largest absolute Gasteiger partial charge is 0.508 e. The third-order valence-corrected chi connectivity index (χ3v) is 3.68. The van der Waals surface area contributed by atoms with Crippen LogP contribution in [0.5, 0.6) is 5.75 Å². The van der Waals surface area contributed by atoms with Crippen molar-refractivity contribution in [2.75, 3.05) is 0 Å². The fraction of sp³-hybridized carbons (Fsp3) is 0.0714. The summed E-state index contributed by atoms with van der Waals surface area (Å²) in [6, 6.07) is 5.00. The second-order valence-electron chi connectivity index (χ2n) is 4.08. The molecule has 0 saturated carbocycles. The van der Waals surface area contributed by atoms with Gasteiger partial charge in [0, 0.05) is 5.56 Å². The number of hydrogen-bond acceptors (Lipinski definition) is 4.